The average molecular weight is 258 g/mol. The van der Waals surface area contributed by atoms with Crippen molar-refractivity contribution in [1.29, 1.82) is 0 Å². The number of aromatic nitrogens is 2. The molecule has 5 heteroatoms. The van der Waals surface area contributed by atoms with Crippen molar-refractivity contribution >= 4 is 5.97 Å². The van der Waals surface area contributed by atoms with E-state index in [2.05, 4.69) is 4.98 Å². The van der Waals surface area contributed by atoms with Gasteiger partial charge in [0, 0.05) is 30.2 Å². The van der Waals surface area contributed by atoms with Gasteiger partial charge < -0.3 is 9.67 Å². The molecule has 0 spiro atoms. The number of pyridine rings is 2. The third kappa shape index (κ3) is 2.27. The third-order valence-electron chi connectivity index (χ3n) is 3.10. The van der Waals surface area contributed by atoms with Crippen molar-refractivity contribution in [3.8, 4) is 11.1 Å². The zero-order valence-electron chi connectivity index (χ0n) is 10.8. The van der Waals surface area contributed by atoms with Crippen LogP contribution in [0.3, 0.4) is 0 Å². The van der Waals surface area contributed by atoms with Crippen LogP contribution in [0.25, 0.3) is 11.1 Å². The summed E-state index contributed by atoms with van der Waals surface area (Å²) in [5.74, 6) is -1.21. The average Bonchev–Trinajstić information content (AvgIpc) is 2.40. The lowest BCUT2D eigenvalue weighted by Gasteiger charge is -2.14. The van der Waals surface area contributed by atoms with E-state index in [1.807, 2.05) is 13.8 Å². The van der Waals surface area contributed by atoms with Crippen molar-refractivity contribution in [3.63, 3.8) is 0 Å². The highest BCUT2D eigenvalue weighted by Crippen LogP contribution is 2.22. The molecular formula is C14H14N2O3. The van der Waals surface area contributed by atoms with Crippen LogP contribution in [0.1, 0.15) is 23.0 Å². The molecule has 0 saturated heterocycles. The number of carbonyl (C=O) groups is 1. The standard InChI is InChI=1S/C14H14N2O3/c1-3-16-9(2)11(10-4-6-15-7-5-10)8-12(13(16)17)14(18)19/h4-8H,3H2,1-2H3,(H,18,19). The molecule has 0 amide bonds. The van der Waals surface area contributed by atoms with Crippen LogP contribution < -0.4 is 5.56 Å². The first-order chi connectivity index (χ1) is 9.06. The summed E-state index contributed by atoms with van der Waals surface area (Å²) in [5.41, 5.74) is 1.66. The summed E-state index contributed by atoms with van der Waals surface area (Å²) in [6.07, 6.45) is 3.27. The van der Waals surface area contributed by atoms with Crippen LogP contribution in [0.4, 0.5) is 0 Å². The summed E-state index contributed by atoms with van der Waals surface area (Å²) in [7, 11) is 0. The van der Waals surface area contributed by atoms with Gasteiger partial charge in [-0.25, -0.2) is 4.79 Å². The molecule has 98 valence electrons. The van der Waals surface area contributed by atoms with Crippen LogP contribution >= 0.6 is 0 Å². The highest BCUT2D eigenvalue weighted by atomic mass is 16.4. The van der Waals surface area contributed by atoms with Gasteiger partial charge in [0.25, 0.3) is 5.56 Å². The maximum absolute atomic E-state index is 12.0. The van der Waals surface area contributed by atoms with Gasteiger partial charge in [-0.1, -0.05) is 0 Å². The molecule has 0 atom stereocenters. The number of nitrogens with zero attached hydrogens (tertiary/aromatic N) is 2. The van der Waals surface area contributed by atoms with Crippen LogP contribution in [0.5, 0.6) is 0 Å². The number of hydrogen-bond donors (Lipinski definition) is 1. The Kier molecular flexibility index (Phi) is 3.46. The van der Waals surface area contributed by atoms with E-state index in [-0.39, 0.29) is 5.56 Å². The van der Waals surface area contributed by atoms with Crippen molar-refractivity contribution < 1.29 is 9.90 Å². The van der Waals surface area contributed by atoms with Gasteiger partial charge in [-0.15, -0.1) is 0 Å². The fraction of sp³-hybridized carbons (Fsp3) is 0.214. The smallest absolute Gasteiger partial charge is 0.341 e. The molecule has 0 saturated carbocycles. The molecule has 2 heterocycles. The van der Waals surface area contributed by atoms with Gasteiger partial charge in [-0.05, 0) is 37.6 Å². The summed E-state index contributed by atoms with van der Waals surface area (Å²) < 4.78 is 1.47. The van der Waals surface area contributed by atoms with Crippen molar-refractivity contribution in [2.75, 3.05) is 0 Å². The van der Waals surface area contributed by atoms with E-state index in [1.165, 1.54) is 10.6 Å². The molecule has 0 aliphatic rings. The van der Waals surface area contributed by atoms with Crippen LogP contribution in [0, 0.1) is 6.92 Å². The highest BCUT2D eigenvalue weighted by Gasteiger charge is 2.16. The SMILES string of the molecule is CCn1c(C)c(-c2ccncc2)cc(C(=O)O)c1=O. The Bertz CT molecular complexity index is 675. The Hall–Kier alpha value is -2.43. The Labute approximate surface area is 110 Å². The normalized spacial score (nSPS) is 10.4. The second-order valence-corrected chi connectivity index (χ2v) is 4.15. The fourth-order valence-electron chi connectivity index (χ4n) is 2.11. The van der Waals surface area contributed by atoms with Gasteiger partial charge in [0.2, 0.25) is 0 Å². The maximum Gasteiger partial charge on any atom is 0.341 e. The lowest BCUT2D eigenvalue weighted by molar-refractivity contribution is 0.0694. The maximum atomic E-state index is 12.0. The molecule has 19 heavy (non-hydrogen) atoms. The van der Waals surface area contributed by atoms with E-state index >= 15 is 0 Å². The number of carboxylic acid groups (broad SMARTS) is 1. The minimum atomic E-state index is -1.21. The number of aromatic carboxylic acids is 1. The lowest BCUT2D eigenvalue weighted by Crippen LogP contribution is -2.28. The van der Waals surface area contributed by atoms with Crippen molar-refractivity contribution in [3.05, 3.63) is 52.2 Å². The lowest BCUT2D eigenvalue weighted by atomic mass is 10.0. The summed E-state index contributed by atoms with van der Waals surface area (Å²) in [6, 6.07) is 5.01. The zero-order valence-corrected chi connectivity index (χ0v) is 10.8. The van der Waals surface area contributed by atoms with E-state index in [9.17, 15) is 9.59 Å². The minimum Gasteiger partial charge on any atom is -0.477 e. The van der Waals surface area contributed by atoms with Crippen molar-refractivity contribution in [1.82, 2.24) is 9.55 Å². The van der Waals surface area contributed by atoms with E-state index in [0.717, 1.165) is 16.8 Å². The van der Waals surface area contributed by atoms with Gasteiger partial charge in [0.1, 0.15) is 5.56 Å². The van der Waals surface area contributed by atoms with E-state index in [1.54, 1.807) is 24.5 Å². The predicted molar refractivity (Wildman–Crippen MR) is 71.3 cm³/mol. The van der Waals surface area contributed by atoms with Crippen molar-refractivity contribution in [2.45, 2.75) is 20.4 Å². The van der Waals surface area contributed by atoms with Crippen LogP contribution in [-0.4, -0.2) is 20.6 Å². The quantitative estimate of drug-likeness (QED) is 0.913. The molecule has 0 aliphatic heterocycles. The molecule has 2 rings (SSSR count). The van der Waals surface area contributed by atoms with Gasteiger partial charge in [-0.2, -0.15) is 0 Å². The molecule has 0 radical (unpaired) electrons. The molecule has 0 unspecified atom stereocenters. The minimum absolute atomic E-state index is 0.209. The van der Waals surface area contributed by atoms with E-state index in [4.69, 9.17) is 5.11 Å². The molecule has 5 nitrogen and oxygen atoms in total. The Morgan fingerprint density at radius 1 is 1.37 bits per heavy atom. The monoisotopic (exact) mass is 258 g/mol. The molecule has 0 aliphatic carbocycles. The number of rotatable bonds is 3. The van der Waals surface area contributed by atoms with Gasteiger partial charge in [-0.3, -0.25) is 9.78 Å². The molecule has 0 aromatic carbocycles. The second-order valence-electron chi connectivity index (χ2n) is 4.15. The molecule has 0 fully saturated rings. The van der Waals surface area contributed by atoms with Crippen molar-refractivity contribution in [2.24, 2.45) is 0 Å². The molecule has 2 aromatic rings. The van der Waals surface area contributed by atoms with Crippen LogP contribution in [-0.2, 0) is 6.54 Å². The summed E-state index contributed by atoms with van der Waals surface area (Å²) in [6.45, 7) is 4.06. The highest BCUT2D eigenvalue weighted by molar-refractivity contribution is 5.89. The summed E-state index contributed by atoms with van der Waals surface area (Å²) in [5, 5.41) is 9.12. The summed E-state index contributed by atoms with van der Waals surface area (Å²) in [4.78, 5) is 27.1. The molecule has 0 bridgehead atoms. The largest absolute Gasteiger partial charge is 0.477 e. The van der Waals surface area contributed by atoms with E-state index in [0.29, 0.717) is 6.54 Å². The summed E-state index contributed by atoms with van der Waals surface area (Å²) >= 11 is 0. The van der Waals surface area contributed by atoms with Gasteiger partial charge >= 0.3 is 5.97 Å². The van der Waals surface area contributed by atoms with Crippen LogP contribution in [0.2, 0.25) is 0 Å². The molecule has 2 aromatic heterocycles. The Morgan fingerprint density at radius 3 is 2.53 bits per heavy atom. The van der Waals surface area contributed by atoms with Crippen LogP contribution in [0.15, 0.2) is 35.4 Å². The first-order valence-corrected chi connectivity index (χ1v) is 5.94. The molecule has 1 N–H and O–H groups in total. The third-order valence-corrected chi connectivity index (χ3v) is 3.10. The Morgan fingerprint density at radius 2 is 2.00 bits per heavy atom. The van der Waals surface area contributed by atoms with Gasteiger partial charge in [0.05, 0.1) is 0 Å². The predicted octanol–water partition coefficient (Wildman–Crippen LogP) is 1.94. The fourth-order valence-corrected chi connectivity index (χ4v) is 2.11. The first-order valence-electron chi connectivity index (χ1n) is 5.94. The molecular weight excluding hydrogens is 244 g/mol. The number of hydrogen-bond acceptors (Lipinski definition) is 3. The second kappa shape index (κ2) is 5.06. The topological polar surface area (TPSA) is 72.2 Å². The Balaban J connectivity index is 2.79. The number of carboxylic acids is 1. The first kappa shape index (κ1) is 13.0. The van der Waals surface area contributed by atoms with Gasteiger partial charge in [0.15, 0.2) is 0 Å². The van der Waals surface area contributed by atoms with E-state index < -0.39 is 11.5 Å². The zero-order chi connectivity index (χ0) is 14.0.